The van der Waals surface area contributed by atoms with Gasteiger partial charge in [0.05, 0.1) is 0 Å². The van der Waals surface area contributed by atoms with Crippen LogP contribution in [0.1, 0.15) is 0 Å². The average Bonchev–Trinajstić information content (AvgIpc) is 2.17. The number of rotatable bonds is 2. The minimum atomic E-state index is -3.36. The molecule has 1 rings (SSSR count). The Bertz CT molecular complexity index is 335. The summed E-state index contributed by atoms with van der Waals surface area (Å²) in [6.07, 6.45) is 0. The molecule has 88 valence electrons. The summed E-state index contributed by atoms with van der Waals surface area (Å²) in [6, 6.07) is 0. The molecule has 0 bridgehead atoms. The van der Waals surface area contributed by atoms with Crippen molar-refractivity contribution in [2.45, 2.75) is 0 Å². The summed E-state index contributed by atoms with van der Waals surface area (Å²) >= 11 is 5.29. The predicted molar refractivity (Wildman–Crippen MR) is 57.0 cm³/mol. The molecule has 1 aliphatic rings. The average molecular weight is 256 g/mol. The van der Waals surface area contributed by atoms with Crippen molar-refractivity contribution in [2.24, 2.45) is 0 Å². The summed E-state index contributed by atoms with van der Waals surface area (Å²) in [5, 5.41) is -0.531. The van der Waals surface area contributed by atoms with Gasteiger partial charge >= 0.3 is 5.37 Å². The standard InChI is InChI=1S/C7H14ClN3O3S/c1-9(2)15(13,14)11-5-3-10(4-6-11)7(8)12/h3-6H2,1-2H3. The van der Waals surface area contributed by atoms with E-state index in [-0.39, 0.29) is 0 Å². The maximum absolute atomic E-state index is 11.7. The highest BCUT2D eigenvalue weighted by Gasteiger charge is 2.29. The fraction of sp³-hybridized carbons (Fsp3) is 0.857. The molecule has 0 aromatic rings. The Labute approximate surface area is 94.6 Å². The van der Waals surface area contributed by atoms with E-state index in [2.05, 4.69) is 0 Å². The Hall–Kier alpha value is -0.370. The summed E-state index contributed by atoms with van der Waals surface area (Å²) in [7, 11) is -0.402. The first-order chi connectivity index (χ1) is 6.85. The molecule has 0 aliphatic carbocycles. The Morgan fingerprint density at radius 3 is 2.00 bits per heavy atom. The molecule has 1 aliphatic heterocycles. The third-order valence-electron chi connectivity index (χ3n) is 2.27. The van der Waals surface area contributed by atoms with Gasteiger partial charge in [-0.2, -0.15) is 17.0 Å². The fourth-order valence-electron chi connectivity index (χ4n) is 1.33. The molecule has 0 aromatic heterocycles. The van der Waals surface area contributed by atoms with Crippen LogP contribution in [0.4, 0.5) is 4.79 Å². The van der Waals surface area contributed by atoms with Gasteiger partial charge in [-0.05, 0) is 11.6 Å². The van der Waals surface area contributed by atoms with Crippen molar-refractivity contribution in [2.75, 3.05) is 40.3 Å². The van der Waals surface area contributed by atoms with Gasteiger partial charge in [-0.1, -0.05) is 0 Å². The fourth-order valence-corrected chi connectivity index (χ4v) is 2.58. The minimum absolute atomic E-state index is 0.291. The largest absolute Gasteiger partial charge is 0.327 e. The molecule has 15 heavy (non-hydrogen) atoms. The van der Waals surface area contributed by atoms with Gasteiger partial charge < -0.3 is 4.90 Å². The molecule has 8 heteroatoms. The third kappa shape index (κ3) is 2.81. The van der Waals surface area contributed by atoms with E-state index in [1.54, 1.807) is 0 Å². The van der Waals surface area contributed by atoms with Gasteiger partial charge in [-0.25, -0.2) is 0 Å². The second-order valence-electron chi connectivity index (χ2n) is 3.43. The smallest absolute Gasteiger partial charge is 0.316 e. The molecule has 1 amide bonds. The highest BCUT2D eigenvalue weighted by atomic mass is 35.5. The van der Waals surface area contributed by atoms with Crippen LogP contribution in [0, 0.1) is 0 Å². The normalized spacial score (nSPS) is 19.6. The second kappa shape index (κ2) is 4.65. The molecule has 0 aromatic carbocycles. The second-order valence-corrected chi connectivity index (χ2v) is 5.89. The zero-order valence-electron chi connectivity index (χ0n) is 8.68. The summed E-state index contributed by atoms with van der Waals surface area (Å²) in [5.74, 6) is 0. The minimum Gasteiger partial charge on any atom is -0.327 e. The maximum Gasteiger partial charge on any atom is 0.316 e. The van der Waals surface area contributed by atoms with Crippen LogP contribution in [-0.4, -0.2) is 67.6 Å². The van der Waals surface area contributed by atoms with Gasteiger partial charge in [-0.15, -0.1) is 0 Å². The predicted octanol–water partition coefficient (Wildman–Crippen LogP) is -0.231. The van der Waals surface area contributed by atoms with E-state index in [4.69, 9.17) is 11.6 Å². The van der Waals surface area contributed by atoms with E-state index in [0.717, 1.165) is 4.31 Å². The van der Waals surface area contributed by atoms with Crippen LogP contribution in [0.2, 0.25) is 0 Å². The first kappa shape index (κ1) is 12.7. The van der Waals surface area contributed by atoms with E-state index in [1.807, 2.05) is 0 Å². The van der Waals surface area contributed by atoms with Gasteiger partial charge in [0.15, 0.2) is 0 Å². The zero-order valence-corrected chi connectivity index (χ0v) is 10.3. The van der Waals surface area contributed by atoms with Crippen molar-refractivity contribution in [3.8, 4) is 0 Å². The maximum atomic E-state index is 11.7. The summed E-state index contributed by atoms with van der Waals surface area (Å²) < 4.78 is 25.8. The number of amides is 1. The van der Waals surface area contributed by atoms with Gasteiger partial charge in [0.2, 0.25) is 0 Å². The lowest BCUT2D eigenvalue weighted by molar-refractivity contribution is 0.190. The van der Waals surface area contributed by atoms with E-state index < -0.39 is 15.6 Å². The van der Waals surface area contributed by atoms with Crippen LogP contribution >= 0.6 is 11.6 Å². The molecule has 0 unspecified atom stereocenters. The first-order valence-corrected chi connectivity index (χ1v) is 6.25. The van der Waals surface area contributed by atoms with E-state index in [9.17, 15) is 13.2 Å². The van der Waals surface area contributed by atoms with Crippen LogP contribution in [-0.2, 0) is 10.2 Å². The van der Waals surface area contributed by atoms with Crippen molar-refractivity contribution >= 4 is 27.2 Å². The summed E-state index contributed by atoms with van der Waals surface area (Å²) in [5.41, 5.74) is 0. The molecular formula is C7H14ClN3O3S. The molecule has 0 saturated carbocycles. The Balaban J connectivity index is 2.62. The number of hydrogen-bond acceptors (Lipinski definition) is 3. The third-order valence-corrected chi connectivity index (χ3v) is 4.45. The number of carbonyl (C=O) groups is 1. The molecule has 1 saturated heterocycles. The Kier molecular flexibility index (Phi) is 3.93. The number of hydrogen-bond donors (Lipinski definition) is 0. The summed E-state index contributed by atoms with van der Waals surface area (Å²) in [4.78, 5) is 12.2. The highest BCUT2D eigenvalue weighted by Crippen LogP contribution is 2.10. The van der Waals surface area contributed by atoms with Crippen LogP contribution in [0.5, 0.6) is 0 Å². The van der Waals surface area contributed by atoms with E-state index >= 15 is 0 Å². The van der Waals surface area contributed by atoms with E-state index in [0.29, 0.717) is 26.2 Å². The lowest BCUT2D eigenvalue weighted by Gasteiger charge is -2.33. The monoisotopic (exact) mass is 255 g/mol. The Morgan fingerprint density at radius 1 is 1.20 bits per heavy atom. The van der Waals surface area contributed by atoms with Gasteiger partial charge in [0, 0.05) is 40.3 Å². The highest BCUT2D eigenvalue weighted by molar-refractivity contribution is 7.86. The molecule has 0 radical (unpaired) electrons. The quantitative estimate of drug-likeness (QED) is 0.506. The molecule has 0 spiro atoms. The van der Waals surface area contributed by atoms with Crippen molar-refractivity contribution in [3.05, 3.63) is 0 Å². The first-order valence-electron chi connectivity index (χ1n) is 4.47. The van der Waals surface area contributed by atoms with Gasteiger partial charge in [-0.3, -0.25) is 4.79 Å². The number of piperazine rings is 1. The summed E-state index contributed by atoms with van der Waals surface area (Å²) in [6.45, 7) is 1.27. The molecule has 6 nitrogen and oxygen atoms in total. The van der Waals surface area contributed by atoms with E-state index in [1.165, 1.54) is 23.3 Å². The van der Waals surface area contributed by atoms with Gasteiger partial charge in [0.25, 0.3) is 10.2 Å². The van der Waals surface area contributed by atoms with Crippen LogP contribution in [0.15, 0.2) is 0 Å². The molecule has 1 heterocycles. The van der Waals surface area contributed by atoms with Crippen LogP contribution < -0.4 is 0 Å². The number of nitrogens with zero attached hydrogens (tertiary/aromatic N) is 3. The van der Waals surface area contributed by atoms with Crippen molar-refractivity contribution in [1.82, 2.24) is 13.5 Å². The zero-order chi connectivity index (χ0) is 11.6. The van der Waals surface area contributed by atoms with Crippen LogP contribution in [0.3, 0.4) is 0 Å². The van der Waals surface area contributed by atoms with Gasteiger partial charge in [0.1, 0.15) is 0 Å². The SMILES string of the molecule is CN(C)S(=O)(=O)N1CCN(C(=O)Cl)CC1. The molecule has 0 atom stereocenters. The number of carbonyl (C=O) groups excluding carboxylic acids is 1. The van der Waals surface area contributed by atoms with Crippen molar-refractivity contribution in [3.63, 3.8) is 0 Å². The van der Waals surface area contributed by atoms with Crippen molar-refractivity contribution in [1.29, 1.82) is 0 Å². The molecule has 1 fully saturated rings. The lowest BCUT2D eigenvalue weighted by atomic mass is 10.4. The van der Waals surface area contributed by atoms with Crippen molar-refractivity contribution < 1.29 is 13.2 Å². The topological polar surface area (TPSA) is 60.9 Å². The molecular weight excluding hydrogens is 242 g/mol. The lowest BCUT2D eigenvalue weighted by Crippen LogP contribution is -2.52. The molecule has 0 N–H and O–H groups in total. The van der Waals surface area contributed by atoms with Crippen LogP contribution in [0.25, 0.3) is 0 Å². The number of halogens is 1. The Morgan fingerprint density at radius 2 is 1.67 bits per heavy atom.